The lowest BCUT2D eigenvalue weighted by molar-refractivity contribution is -0.137. The molecule has 4 heteroatoms. The van der Waals surface area contributed by atoms with E-state index in [9.17, 15) is 4.79 Å². The number of nitrogens with one attached hydrogen (secondary N) is 1. The van der Waals surface area contributed by atoms with Crippen molar-refractivity contribution in [1.29, 1.82) is 0 Å². The molecule has 0 bridgehead atoms. The molecule has 0 aromatic carbocycles. The van der Waals surface area contributed by atoms with Gasteiger partial charge in [-0.15, -0.1) is 11.3 Å². The summed E-state index contributed by atoms with van der Waals surface area (Å²) in [6, 6.07) is 3.21. The van der Waals surface area contributed by atoms with Crippen LogP contribution in [0.4, 0.5) is 5.00 Å². The summed E-state index contributed by atoms with van der Waals surface area (Å²) in [6.07, 6.45) is 0. The highest BCUT2D eigenvalue weighted by Gasteiger charge is 2.09. The molecule has 1 heterocycles. The van der Waals surface area contributed by atoms with E-state index in [2.05, 4.69) is 5.32 Å². The molecule has 0 amide bonds. The molecule has 11 heavy (non-hydrogen) atoms. The van der Waals surface area contributed by atoms with Crippen LogP contribution in [0.25, 0.3) is 0 Å². The molecule has 0 unspecified atom stereocenters. The fourth-order valence-corrected chi connectivity index (χ4v) is 1.34. The Kier molecular flexibility index (Phi) is 2.48. The molecule has 1 rings (SSSR count). The van der Waals surface area contributed by atoms with Crippen LogP contribution >= 0.6 is 11.3 Å². The molecule has 0 saturated carbocycles. The molecule has 0 aliphatic heterocycles. The summed E-state index contributed by atoms with van der Waals surface area (Å²) in [7, 11) is 0. The number of aliphatic carboxylic acids is 1. The van der Waals surface area contributed by atoms with E-state index < -0.39 is 12.0 Å². The molecule has 0 fully saturated rings. The van der Waals surface area contributed by atoms with Crippen molar-refractivity contribution < 1.29 is 9.90 Å². The fraction of sp³-hybridized carbons (Fsp3) is 0.286. The van der Waals surface area contributed by atoms with E-state index in [0.29, 0.717) is 0 Å². The number of carboxylic acids is 1. The minimum absolute atomic E-state index is 0.520. The Balaban J connectivity index is 2.50. The van der Waals surface area contributed by atoms with Crippen molar-refractivity contribution in [2.75, 3.05) is 5.32 Å². The Morgan fingerprint density at radius 1 is 1.82 bits per heavy atom. The van der Waals surface area contributed by atoms with E-state index in [0.717, 1.165) is 5.00 Å². The summed E-state index contributed by atoms with van der Waals surface area (Å²) in [6.45, 7) is 1.61. The Labute approximate surface area is 68.7 Å². The Bertz CT molecular complexity index is 233. The highest BCUT2D eigenvalue weighted by molar-refractivity contribution is 7.14. The predicted molar refractivity (Wildman–Crippen MR) is 45.0 cm³/mol. The van der Waals surface area contributed by atoms with Crippen molar-refractivity contribution in [3.05, 3.63) is 17.5 Å². The van der Waals surface area contributed by atoms with Crippen molar-refractivity contribution in [3.8, 4) is 0 Å². The van der Waals surface area contributed by atoms with Gasteiger partial charge in [0.1, 0.15) is 6.04 Å². The zero-order chi connectivity index (χ0) is 8.27. The van der Waals surface area contributed by atoms with Crippen LogP contribution in [0.15, 0.2) is 17.5 Å². The SMILES string of the molecule is C[C@@H](Nc1cccs1)C(=O)O. The van der Waals surface area contributed by atoms with Gasteiger partial charge in [0.2, 0.25) is 0 Å². The van der Waals surface area contributed by atoms with E-state index in [1.165, 1.54) is 11.3 Å². The smallest absolute Gasteiger partial charge is 0.325 e. The van der Waals surface area contributed by atoms with Crippen molar-refractivity contribution in [2.24, 2.45) is 0 Å². The zero-order valence-electron chi connectivity index (χ0n) is 6.07. The molecule has 3 nitrogen and oxygen atoms in total. The molecule has 0 aliphatic rings. The third kappa shape index (κ3) is 2.23. The lowest BCUT2D eigenvalue weighted by Gasteiger charge is -2.06. The van der Waals surface area contributed by atoms with Crippen molar-refractivity contribution >= 4 is 22.3 Å². The van der Waals surface area contributed by atoms with Crippen LogP contribution in [0, 0.1) is 0 Å². The number of hydrogen-bond donors (Lipinski definition) is 2. The van der Waals surface area contributed by atoms with Gasteiger partial charge in [0, 0.05) is 0 Å². The van der Waals surface area contributed by atoms with Gasteiger partial charge in [-0.3, -0.25) is 4.79 Å². The van der Waals surface area contributed by atoms with E-state index in [-0.39, 0.29) is 0 Å². The molecule has 1 atom stereocenters. The van der Waals surface area contributed by atoms with Gasteiger partial charge in [0.25, 0.3) is 0 Å². The predicted octanol–water partition coefficient (Wildman–Crippen LogP) is 1.63. The van der Waals surface area contributed by atoms with Gasteiger partial charge in [-0.2, -0.15) is 0 Å². The van der Waals surface area contributed by atoms with Crippen LogP contribution in [0.5, 0.6) is 0 Å². The number of anilines is 1. The molecule has 1 aromatic rings. The maximum Gasteiger partial charge on any atom is 0.325 e. The summed E-state index contributed by atoms with van der Waals surface area (Å²) < 4.78 is 0. The first-order valence-corrected chi connectivity index (χ1v) is 4.11. The van der Waals surface area contributed by atoms with Gasteiger partial charge in [0.05, 0.1) is 5.00 Å². The summed E-state index contributed by atoms with van der Waals surface area (Å²) in [5, 5.41) is 14.2. The number of hydrogen-bond acceptors (Lipinski definition) is 3. The first kappa shape index (κ1) is 8.07. The van der Waals surface area contributed by atoms with Crippen LogP contribution < -0.4 is 5.32 Å². The number of carbonyl (C=O) groups is 1. The molecule has 1 aromatic heterocycles. The van der Waals surface area contributed by atoms with E-state index in [1.54, 1.807) is 6.92 Å². The monoisotopic (exact) mass is 171 g/mol. The second-order valence-corrected chi connectivity index (χ2v) is 3.13. The van der Waals surface area contributed by atoms with Gasteiger partial charge in [0.15, 0.2) is 0 Å². The average Bonchev–Trinajstić information content (AvgIpc) is 2.39. The largest absolute Gasteiger partial charge is 0.480 e. The Morgan fingerprint density at radius 3 is 3.00 bits per heavy atom. The molecular formula is C7H9NO2S. The number of carboxylic acid groups (broad SMARTS) is 1. The fourth-order valence-electron chi connectivity index (χ4n) is 0.636. The molecule has 0 radical (unpaired) electrons. The minimum Gasteiger partial charge on any atom is -0.480 e. The van der Waals surface area contributed by atoms with Crippen molar-refractivity contribution in [3.63, 3.8) is 0 Å². The quantitative estimate of drug-likeness (QED) is 0.726. The average molecular weight is 171 g/mol. The first-order chi connectivity index (χ1) is 5.20. The van der Waals surface area contributed by atoms with Crippen LogP contribution in [0.1, 0.15) is 6.92 Å². The second kappa shape index (κ2) is 3.39. The standard InChI is InChI=1S/C7H9NO2S/c1-5(7(9)10)8-6-3-2-4-11-6/h2-5,8H,1H3,(H,9,10)/t5-/m1/s1. The number of thiophene rings is 1. The molecule has 60 valence electrons. The number of rotatable bonds is 3. The zero-order valence-corrected chi connectivity index (χ0v) is 6.89. The molecule has 0 saturated heterocycles. The van der Waals surface area contributed by atoms with Crippen LogP contribution in [0.3, 0.4) is 0 Å². The summed E-state index contributed by atoms with van der Waals surface area (Å²) in [5.41, 5.74) is 0. The summed E-state index contributed by atoms with van der Waals surface area (Å²) in [4.78, 5) is 10.4. The van der Waals surface area contributed by atoms with E-state index in [1.807, 2.05) is 17.5 Å². The highest BCUT2D eigenvalue weighted by Crippen LogP contribution is 2.15. The third-order valence-electron chi connectivity index (χ3n) is 1.25. The lowest BCUT2D eigenvalue weighted by atomic mass is 10.3. The van der Waals surface area contributed by atoms with Crippen LogP contribution in [0.2, 0.25) is 0 Å². The Morgan fingerprint density at radius 2 is 2.55 bits per heavy atom. The third-order valence-corrected chi connectivity index (χ3v) is 2.05. The van der Waals surface area contributed by atoms with Gasteiger partial charge in [-0.1, -0.05) is 0 Å². The van der Waals surface area contributed by atoms with E-state index >= 15 is 0 Å². The molecular weight excluding hydrogens is 162 g/mol. The topological polar surface area (TPSA) is 49.3 Å². The molecule has 0 spiro atoms. The van der Waals surface area contributed by atoms with Gasteiger partial charge in [-0.25, -0.2) is 0 Å². The van der Waals surface area contributed by atoms with Gasteiger partial charge in [-0.05, 0) is 24.4 Å². The highest BCUT2D eigenvalue weighted by atomic mass is 32.1. The van der Waals surface area contributed by atoms with Crippen LogP contribution in [-0.2, 0) is 4.79 Å². The second-order valence-electron chi connectivity index (χ2n) is 2.18. The van der Waals surface area contributed by atoms with Gasteiger partial charge >= 0.3 is 5.97 Å². The van der Waals surface area contributed by atoms with Crippen molar-refractivity contribution in [1.82, 2.24) is 0 Å². The maximum atomic E-state index is 10.4. The van der Waals surface area contributed by atoms with Crippen LogP contribution in [-0.4, -0.2) is 17.1 Å². The normalized spacial score (nSPS) is 12.5. The van der Waals surface area contributed by atoms with E-state index in [4.69, 9.17) is 5.11 Å². The van der Waals surface area contributed by atoms with Crippen molar-refractivity contribution in [2.45, 2.75) is 13.0 Å². The minimum atomic E-state index is -0.835. The summed E-state index contributed by atoms with van der Waals surface area (Å²) >= 11 is 1.49. The van der Waals surface area contributed by atoms with Gasteiger partial charge < -0.3 is 10.4 Å². The maximum absolute atomic E-state index is 10.4. The lowest BCUT2D eigenvalue weighted by Crippen LogP contribution is -2.24. The molecule has 2 N–H and O–H groups in total. The summed E-state index contributed by atoms with van der Waals surface area (Å²) in [5.74, 6) is -0.835. The Hall–Kier alpha value is -1.03. The first-order valence-electron chi connectivity index (χ1n) is 3.23. The molecule has 0 aliphatic carbocycles.